The van der Waals surface area contributed by atoms with E-state index in [1.54, 1.807) is 21.3 Å². The molecule has 1 N–H and O–H groups in total. The van der Waals surface area contributed by atoms with Crippen LogP contribution in [-0.2, 0) is 14.3 Å². The summed E-state index contributed by atoms with van der Waals surface area (Å²) in [5, 5.41) is 3.39. The quantitative estimate of drug-likeness (QED) is 0.519. The van der Waals surface area contributed by atoms with Crippen LogP contribution in [0, 0.1) is 0 Å². The lowest BCUT2D eigenvalue weighted by molar-refractivity contribution is -0.139. The molecule has 0 fully saturated rings. The van der Waals surface area contributed by atoms with Gasteiger partial charge in [0.1, 0.15) is 5.75 Å². The Kier molecular flexibility index (Phi) is 7.67. The zero-order chi connectivity index (χ0) is 25.8. The number of methoxy groups -OCH3 is 3. The third kappa shape index (κ3) is 4.70. The largest absolute Gasteiger partial charge is 0.496 e. The van der Waals surface area contributed by atoms with Gasteiger partial charge in [0.25, 0.3) is 0 Å². The zero-order valence-corrected chi connectivity index (χ0v) is 21.5. The van der Waals surface area contributed by atoms with Crippen molar-refractivity contribution in [1.29, 1.82) is 0 Å². The van der Waals surface area contributed by atoms with Gasteiger partial charge in [-0.05, 0) is 49.4 Å². The molecule has 2 atom stereocenters. The Balaban J connectivity index is 1.79. The molecule has 2 aromatic carbocycles. The fraction of sp³-hybridized carbons (Fsp3) is 0.379. The van der Waals surface area contributed by atoms with Crippen molar-refractivity contribution in [3.05, 3.63) is 76.1 Å². The van der Waals surface area contributed by atoms with Crippen LogP contribution in [0.5, 0.6) is 17.2 Å². The minimum absolute atomic E-state index is 0.00673. The summed E-state index contributed by atoms with van der Waals surface area (Å²) >= 11 is 0. The maximum atomic E-state index is 13.8. The van der Waals surface area contributed by atoms with E-state index in [4.69, 9.17) is 18.9 Å². The van der Waals surface area contributed by atoms with Crippen molar-refractivity contribution in [1.82, 2.24) is 5.32 Å². The first-order valence-electron chi connectivity index (χ1n) is 12.2. The molecular formula is C29H33NO6. The molecule has 190 valence electrons. The molecule has 1 heterocycles. The average Bonchev–Trinajstić information content (AvgIpc) is 2.90. The van der Waals surface area contributed by atoms with Crippen LogP contribution in [0.25, 0.3) is 0 Å². The molecule has 0 saturated heterocycles. The lowest BCUT2D eigenvalue weighted by Gasteiger charge is -2.37. The van der Waals surface area contributed by atoms with E-state index in [2.05, 4.69) is 5.32 Å². The number of nitrogens with one attached hydrogen (secondary N) is 1. The number of Topliss-reactive ketones (excluding diaryl/α,β-unsaturated/α-hetero) is 1. The summed E-state index contributed by atoms with van der Waals surface area (Å²) in [5.74, 6) is 0.863. The summed E-state index contributed by atoms with van der Waals surface area (Å²) in [7, 11) is 4.79. The molecule has 2 aromatic rings. The number of allylic oxidation sites excluding steroid dienone is 3. The summed E-state index contributed by atoms with van der Waals surface area (Å²) in [6.07, 6.45) is 1.65. The van der Waals surface area contributed by atoms with Crippen LogP contribution in [0.1, 0.15) is 56.1 Å². The Morgan fingerprint density at radius 1 is 0.972 bits per heavy atom. The fourth-order valence-electron chi connectivity index (χ4n) is 5.14. The Bertz CT molecular complexity index is 1230. The third-order valence-electron chi connectivity index (χ3n) is 6.81. The number of hydrogen-bond acceptors (Lipinski definition) is 7. The van der Waals surface area contributed by atoms with E-state index in [0.29, 0.717) is 60.0 Å². The number of ketones is 1. The number of hydrogen-bond donors (Lipinski definition) is 1. The number of carbonyl (C=O) groups is 2. The first-order chi connectivity index (χ1) is 17.4. The second-order valence-corrected chi connectivity index (χ2v) is 9.01. The Morgan fingerprint density at radius 3 is 2.39 bits per heavy atom. The van der Waals surface area contributed by atoms with E-state index in [1.807, 2.05) is 56.3 Å². The Labute approximate surface area is 212 Å². The van der Waals surface area contributed by atoms with Crippen molar-refractivity contribution >= 4 is 11.8 Å². The van der Waals surface area contributed by atoms with Crippen LogP contribution < -0.4 is 19.5 Å². The van der Waals surface area contributed by atoms with Gasteiger partial charge in [-0.3, -0.25) is 4.79 Å². The molecule has 0 unspecified atom stereocenters. The summed E-state index contributed by atoms with van der Waals surface area (Å²) in [5.41, 5.74) is 4.33. The smallest absolute Gasteiger partial charge is 0.336 e. The van der Waals surface area contributed by atoms with Gasteiger partial charge in [-0.1, -0.05) is 31.2 Å². The molecule has 0 bridgehead atoms. The molecule has 7 heteroatoms. The van der Waals surface area contributed by atoms with Crippen LogP contribution in [0.15, 0.2) is 65.0 Å². The first kappa shape index (κ1) is 25.4. The van der Waals surface area contributed by atoms with E-state index in [-0.39, 0.29) is 11.7 Å². The average molecular weight is 492 g/mol. The van der Waals surface area contributed by atoms with Gasteiger partial charge in [-0.25, -0.2) is 4.79 Å². The molecule has 0 saturated carbocycles. The van der Waals surface area contributed by atoms with Gasteiger partial charge in [-0.2, -0.15) is 0 Å². The predicted molar refractivity (Wildman–Crippen MR) is 136 cm³/mol. The summed E-state index contributed by atoms with van der Waals surface area (Å²) in [4.78, 5) is 27.0. The molecule has 0 spiro atoms. The van der Waals surface area contributed by atoms with E-state index < -0.39 is 11.9 Å². The maximum Gasteiger partial charge on any atom is 0.336 e. The van der Waals surface area contributed by atoms with Crippen LogP contribution in [0.4, 0.5) is 0 Å². The summed E-state index contributed by atoms with van der Waals surface area (Å²) in [6, 6.07) is 13.3. The maximum absolute atomic E-state index is 13.8. The first-order valence-corrected chi connectivity index (χ1v) is 12.2. The Hall–Kier alpha value is -3.74. The molecule has 1 aliphatic carbocycles. The van der Waals surface area contributed by atoms with Crippen LogP contribution >= 0.6 is 0 Å². The number of dihydropyridines is 1. The van der Waals surface area contributed by atoms with E-state index >= 15 is 0 Å². The molecule has 7 nitrogen and oxygen atoms in total. The standard InChI is InChI=1S/C29H33NO6/c1-6-13-36-29(32)26-17(2)30-21-14-19(18-11-12-24(34-4)25(16-18)35-5)15-22(31)28(21)27(26)20-9-7-8-10-23(20)33-3/h7-12,16,19,27,30H,6,13-15H2,1-5H3/t19-,27-/m1/s1. The normalized spacial score (nSPS) is 19.4. The molecular weight excluding hydrogens is 458 g/mol. The van der Waals surface area contributed by atoms with Gasteiger partial charge in [0.15, 0.2) is 17.3 Å². The second kappa shape index (κ2) is 10.9. The monoisotopic (exact) mass is 491 g/mol. The number of benzene rings is 2. The summed E-state index contributed by atoms with van der Waals surface area (Å²) < 4.78 is 22.0. The van der Waals surface area contributed by atoms with Gasteiger partial charge >= 0.3 is 5.97 Å². The van der Waals surface area contributed by atoms with Gasteiger partial charge < -0.3 is 24.3 Å². The highest BCUT2D eigenvalue weighted by atomic mass is 16.5. The van der Waals surface area contributed by atoms with Gasteiger partial charge in [0.2, 0.25) is 0 Å². The highest BCUT2D eigenvalue weighted by molar-refractivity contribution is 6.04. The van der Waals surface area contributed by atoms with E-state index in [9.17, 15) is 9.59 Å². The molecule has 0 aromatic heterocycles. The molecule has 1 aliphatic heterocycles. The van der Waals surface area contributed by atoms with Crippen molar-refractivity contribution in [3.63, 3.8) is 0 Å². The second-order valence-electron chi connectivity index (χ2n) is 9.01. The van der Waals surface area contributed by atoms with E-state index in [0.717, 1.165) is 16.8 Å². The Morgan fingerprint density at radius 2 is 1.69 bits per heavy atom. The van der Waals surface area contributed by atoms with Crippen molar-refractivity contribution in [3.8, 4) is 17.2 Å². The minimum atomic E-state index is -0.569. The molecule has 0 radical (unpaired) electrons. The SMILES string of the molecule is CCCOC(=O)C1=C(C)NC2=C(C(=O)C[C@H](c3ccc(OC)c(OC)c3)C2)[C@@H]1c1ccccc1OC. The lowest BCUT2D eigenvalue weighted by Crippen LogP contribution is -2.36. The van der Waals surface area contributed by atoms with Crippen molar-refractivity contribution in [2.24, 2.45) is 0 Å². The van der Waals surface area contributed by atoms with Crippen molar-refractivity contribution in [2.75, 3.05) is 27.9 Å². The highest BCUT2D eigenvalue weighted by Crippen LogP contribution is 2.48. The number of esters is 1. The highest BCUT2D eigenvalue weighted by Gasteiger charge is 2.42. The van der Waals surface area contributed by atoms with Crippen molar-refractivity contribution < 1.29 is 28.5 Å². The van der Waals surface area contributed by atoms with Crippen molar-refractivity contribution in [2.45, 2.75) is 44.9 Å². The number of ether oxygens (including phenoxy) is 4. The number of para-hydroxylation sites is 1. The van der Waals surface area contributed by atoms with Crippen LogP contribution in [0.2, 0.25) is 0 Å². The number of carbonyl (C=O) groups excluding carboxylic acids is 2. The number of rotatable bonds is 8. The van der Waals surface area contributed by atoms with Gasteiger partial charge in [-0.15, -0.1) is 0 Å². The third-order valence-corrected chi connectivity index (χ3v) is 6.81. The predicted octanol–water partition coefficient (Wildman–Crippen LogP) is 5.03. The van der Waals surface area contributed by atoms with E-state index in [1.165, 1.54) is 0 Å². The molecule has 4 rings (SSSR count). The van der Waals surface area contributed by atoms with Crippen LogP contribution in [-0.4, -0.2) is 39.7 Å². The molecule has 0 amide bonds. The molecule has 36 heavy (non-hydrogen) atoms. The topological polar surface area (TPSA) is 83.1 Å². The minimum Gasteiger partial charge on any atom is -0.496 e. The van der Waals surface area contributed by atoms with Crippen LogP contribution in [0.3, 0.4) is 0 Å². The summed E-state index contributed by atoms with van der Waals surface area (Å²) in [6.45, 7) is 4.12. The zero-order valence-electron chi connectivity index (χ0n) is 21.5. The van der Waals surface area contributed by atoms with Gasteiger partial charge in [0, 0.05) is 29.0 Å². The fourth-order valence-corrected chi connectivity index (χ4v) is 5.14. The van der Waals surface area contributed by atoms with Gasteiger partial charge in [0.05, 0.1) is 39.4 Å². The lowest BCUT2D eigenvalue weighted by atomic mass is 9.71. The molecule has 2 aliphatic rings.